The van der Waals surface area contributed by atoms with Crippen molar-refractivity contribution in [2.75, 3.05) is 25.1 Å². The van der Waals surface area contributed by atoms with E-state index in [2.05, 4.69) is 5.32 Å². The molecular formula is C14H18N2O5. The second-order valence-corrected chi connectivity index (χ2v) is 5.31. The highest BCUT2D eigenvalue weighted by molar-refractivity contribution is 5.75. The van der Waals surface area contributed by atoms with Gasteiger partial charge in [-0.25, -0.2) is 0 Å². The van der Waals surface area contributed by atoms with Crippen molar-refractivity contribution < 1.29 is 19.6 Å². The number of carboxylic acids is 1. The fourth-order valence-electron chi connectivity index (χ4n) is 2.47. The third-order valence-electron chi connectivity index (χ3n) is 3.93. The first kappa shape index (κ1) is 15.2. The van der Waals surface area contributed by atoms with E-state index in [1.54, 1.807) is 19.1 Å². The fraction of sp³-hybridized carbons (Fsp3) is 0.500. The molecule has 0 radical (unpaired) electrons. The molecule has 0 aromatic heterocycles. The van der Waals surface area contributed by atoms with Gasteiger partial charge in [0.2, 0.25) is 0 Å². The number of carbonyl (C=O) groups is 1. The van der Waals surface area contributed by atoms with Gasteiger partial charge in [-0.05, 0) is 31.9 Å². The molecule has 1 heterocycles. The van der Waals surface area contributed by atoms with Gasteiger partial charge in [0.15, 0.2) is 0 Å². The molecule has 1 aliphatic rings. The predicted molar refractivity (Wildman–Crippen MR) is 76.4 cm³/mol. The quantitative estimate of drug-likeness (QED) is 0.637. The Morgan fingerprint density at radius 3 is 2.67 bits per heavy atom. The third kappa shape index (κ3) is 3.30. The largest absolute Gasteiger partial charge is 0.481 e. The number of aryl methyl sites for hydroxylation is 1. The molecule has 0 aliphatic carbocycles. The van der Waals surface area contributed by atoms with Gasteiger partial charge in [0, 0.05) is 37.1 Å². The molecule has 7 nitrogen and oxygen atoms in total. The van der Waals surface area contributed by atoms with Crippen LogP contribution in [0.3, 0.4) is 0 Å². The lowest BCUT2D eigenvalue weighted by Crippen LogP contribution is -2.42. The van der Waals surface area contributed by atoms with E-state index in [0.717, 1.165) is 0 Å². The molecule has 0 saturated carbocycles. The number of nitro groups is 1. The van der Waals surface area contributed by atoms with E-state index in [1.807, 2.05) is 0 Å². The Morgan fingerprint density at radius 1 is 1.48 bits per heavy atom. The summed E-state index contributed by atoms with van der Waals surface area (Å²) in [6.07, 6.45) is 0.919. The van der Waals surface area contributed by atoms with Gasteiger partial charge in [-0.2, -0.15) is 0 Å². The van der Waals surface area contributed by atoms with Crippen LogP contribution < -0.4 is 5.32 Å². The van der Waals surface area contributed by atoms with Gasteiger partial charge in [-0.1, -0.05) is 0 Å². The first-order valence-electron chi connectivity index (χ1n) is 6.75. The van der Waals surface area contributed by atoms with Gasteiger partial charge in [0.25, 0.3) is 5.69 Å². The van der Waals surface area contributed by atoms with Crippen LogP contribution in [0, 0.1) is 22.5 Å². The first-order valence-corrected chi connectivity index (χ1v) is 6.75. The normalized spacial score (nSPS) is 17.2. The SMILES string of the molecule is Cc1cc(NCC2(C(=O)O)CCOCC2)ccc1[N+](=O)[O-]. The van der Waals surface area contributed by atoms with Crippen LogP contribution in [-0.4, -0.2) is 35.8 Å². The average molecular weight is 294 g/mol. The molecule has 2 N–H and O–H groups in total. The van der Waals surface area contributed by atoms with Crippen molar-refractivity contribution in [1.29, 1.82) is 0 Å². The van der Waals surface area contributed by atoms with Crippen LogP contribution >= 0.6 is 0 Å². The zero-order valence-electron chi connectivity index (χ0n) is 11.8. The summed E-state index contributed by atoms with van der Waals surface area (Å²) in [6.45, 7) is 2.81. The summed E-state index contributed by atoms with van der Waals surface area (Å²) in [5, 5.41) is 23.3. The van der Waals surface area contributed by atoms with Crippen molar-refractivity contribution >= 4 is 17.3 Å². The molecule has 1 aromatic rings. The molecule has 1 aromatic carbocycles. The maximum absolute atomic E-state index is 11.5. The molecule has 0 unspecified atom stereocenters. The molecule has 114 valence electrons. The van der Waals surface area contributed by atoms with Crippen LogP contribution in [-0.2, 0) is 9.53 Å². The van der Waals surface area contributed by atoms with Crippen molar-refractivity contribution in [2.45, 2.75) is 19.8 Å². The Hall–Kier alpha value is -2.15. The molecule has 2 rings (SSSR count). The summed E-state index contributed by atoms with van der Waals surface area (Å²) < 4.78 is 5.22. The minimum atomic E-state index is -0.839. The zero-order valence-corrected chi connectivity index (χ0v) is 11.8. The Labute approximate surface area is 122 Å². The molecule has 0 spiro atoms. The van der Waals surface area contributed by atoms with Gasteiger partial charge < -0.3 is 15.2 Å². The van der Waals surface area contributed by atoms with Gasteiger partial charge in [-0.3, -0.25) is 14.9 Å². The van der Waals surface area contributed by atoms with Crippen molar-refractivity contribution in [3.8, 4) is 0 Å². The lowest BCUT2D eigenvalue weighted by atomic mass is 9.80. The van der Waals surface area contributed by atoms with Crippen molar-refractivity contribution in [2.24, 2.45) is 5.41 Å². The van der Waals surface area contributed by atoms with Crippen LogP contribution in [0.2, 0.25) is 0 Å². The number of rotatable bonds is 5. The number of aliphatic carboxylic acids is 1. The summed E-state index contributed by atoms with van der Waals surface area (Å²) in [5.74, 6) is -0.836. The summed E-state index contributed by atoms with van der Waals surface area (Å²) >= 11 is 0. The summed E-state index contributed by atoms with van der Waals surface area (Å²) in [4.78, 5) is 21.9. The number of anilines is 1. The third-order valence-corrected chi connectivity index (χ3v) is 3.93. The molecule has 21 heavy (non-hydrogen) atoms. The second-order valence-electron chi connectivity index (χ2n) is 5.31. The average Bonchev–Trinajstić information content (AvgIpc) is 2.45. The standard InChI is InChI=1S/C14H18N2O5/c1-10-8-11(2-3-12(10)16(19)20)15-9-14(13(17)18)4-6-21-7-5-14/h2-3,8,15H,4-7,9H2,1H3,(H,17,18). The molecule has 1 fully saturated rings. The van der Waals surface area contributed by atoms with Crippen molar-refractivity contribution in [3.05, 3.63) is 33.9 Å². The molecule has 0 amide bonds. The van der Waals surface area contributed by atoms with E-state index in [9.17, 15) is 20.0 Å². The number of ether oxygens (including phenoxy) is 1. The summed E-state index contributed by atoms with van der Waals surface area (Å²) in [5.41, 5.74) is 0.444. The number of nitro benzene ring substituents is 1. The summed E-state index contributed by atoms with van der Waals surface area (Å²) in [6, 6.07) is 4.68. The molecule has 0 bridgehead atoms. The number of carboxylic acid groups (broad SMARTS) is 1. The maximum Gasteiger partial charge on any atom is 0.311 e. The number of benzene rings is 1. The van der Waals surface area contributed by atoms with E-state index in [1.165, 1.54) is 6.07 Å². The molecule has 7 heteroatoms. The first-order chi connectivity index (χ1) is 9.94. The number of hydrogen-bond acceptors (Lipinski definition) is 5. The Kier molecular flexibility index (Phi) is 4.42. The number of nitrogens with one attached hydrogen (secondary N) is 1. The van der Waals surface area contributed by atoms with E-state index >= 15 is 0 Å². The van der Waals surface area contributed by atoms with E-state index in [-0.39, 0.29) is 12.2 Å². The highest BCUT2D eigenvalue weighted by Gasteiger charge is 2.40. The minimum absolute atomic E-state index is 0.0552. The Morgan fingerprint density at radius 2 is 2.14 bits per heavy atom. The monoisotopic (exact) mass is 294 g/mol. The smallest absolute Gasteiger partial charge is 0.311 e. The van der Waals surface area contributed by atoms with Crippen molar-refractivity contribution in [1.82, 2.24) is 0 Å². The zero-order chi connectivity index (χ0) is 15.5. The fourth-order valence-corrected chi connectivity index (χ4v) is 2.47. The van der Waals surface area contributed by atoms with Gasteiger partial charge in [0.1, 0.15) is 0 Å². The maximum atomic E-state index is 11.5. The lowest BCUT2D eigenvalue weighted by molar-refractivity contribution is -0.385. The van der Waals surface area contributed by atoms with Crippen LogP contribution in [0.1, 0.15) is 18.4 Å². The highest BCUT2D eigenvalue weighted by atomic mass is 16.6. The minimum Gasteiger partial charge on any atom is -0.481 e. The van der Waals surface area contributed by atoms with Gasteiger partial charge in [-0.15, -0.1) is 0 Å². The summed E-state index contributed by atoms with van der Waals surface area (Å²) in [7, 11) is 0. The molecular weight excluding hydrogens is 276 g/mol. The molecule has 0 atom stereocenters. The van der Waals surface area contributed by atoms with E-state index < -0.39 is 16.3 Å². The molecule has 1 aliphatic heterocycles. The van der Waals surface area contributed by atoms with E-state index in [4.69, 9.17) is 4.74 Å². The van der Waals surface area contributed by atoms with E-state index in [0.29, 0.717) is 37.3 Å². The van der Waals surface area contributed by atoms with Crippen LogP contribution in [0.25, 0.3) is 0 Å². The Bertz CT molecular complexity index is 552. The number of hydrogen-bond donors (Lipinski definition) is 2. The lowest BCUT2D eigenvalue weighted by Gasteiger charge is -2.33. The van der Waals surface area contributed by atoms with Crippen LogP contribution in [0.5, 0.6) is 0 Å². The van der Waals surface area contributed by atoms with Crippen LogP contribution in [0.4, 0.5) is 11.4 Å². The van der Waals surface area contributed by atoms with Gasteiger partial charge in [0.05, 0.1) is 10.3 Å². The predicted octanol–water partition coefficient (Wildman–Crippen LogP) is 2.20. The second kappa shape index (κ2) is 6.09. The number of nitrogens with zero attached hydrogens (tertiary/aromatic N) is 1. The van der Waals surface area contributed by atoms with Crippen LogP contribution in [0.15, 0.2) is 18.2 Å². The van der Waals surface area contributed by atoms with Gasteiger partial charge >= 0.3 is 5.97 Å². The van der Waals surface area contributed by atoms with Crippen molar-refractivity contribution in [3.63, 3.8) is 0 Å². The topological polar surface area (TPSA) is 102 Å². The molecule has 1 saturated heterocycles. The highest BCUT2D eigenvalue weighted by Crippen LogP contribution is 2.31. The Balaban J connectivity index is 2.09.